The molecule has 3 aromatic rings. The second-order valence-corrected chi connectivity index (χ2v) is 4.81. The van der Waals surface area contributed by atoms with Crippen molar-refractivity contribution in [3.05, 3.63) is 35.3 Å². The van der Waals surface area contributed by atoms with Crippen LogP contribution >= 0.6 is 11.3 Å². The van der Waals surface area contributed by atoms with E-state index in [2.05, 4.69) is 9.72 Å². The van der Waals surface area contributed by atoms with Crippen LogP contribution in [0.5, 0.6) is 5.75 Å². The number of ether oxygens (including phenoxy) is 1. The number of fused-ring (bicyclic) bond motifs is 3. The van der Waals surface area contributed by atoms with Gasteiger partial charge < -0.3 is 9.84 Å². The normalized spacial score (nSPS) is 10.9. The lowest BCUT2D eigenvalue weighted by molar-refractivity contribution is 0.0603. The number of thiophene rings is 1. The number of carbonyl (C=O) groups is 1. The summed E-state index contributed by atoms with van der Waals surface area (Å²) in [5.74, 6) is -0.563. The highest BCUT2D eigenvalue weighted by Gasteiger charge is 2.19. The number of methoxy groups -OCH3 is 1. The van der Waals surface area contributed by atoms with Crippen LogP contribution in [0.1, 0.15) is 9.67 Å². The SMILES string of the molecule is COC(=O)c1sc2c(ccc3cccnc32)c1O. The van der Waals surface area contributed by atoms with Gasteiger partial charge in [0.05, 0.1) is 17.3 Å². The molecule has 1 N–H and O–H groups in total. The third kappa shape index (κ3) is 1.44. The molecule has 0 aliphatic heterocycles. The monoisotopic (exact) mass is 259 g/mol. The van der Waals surface area contributed by atoms with Crippen LogP contribution < -0.4 is 0 Å². The molecule has 2 aromatic heterocycles. The molecular formula is C13H9NO3S. The number of nitrogens with zero attached hydrogens (tertiary/aromatic N) is 1. The Kier molecular flexibility index (Phi) is 2.41. The van der Waals surface area contributed by atoms with Crippen molar-refractivity contribution in [1.82, 2.24) is 4.98 Å². The summed E-state index contributed by atoms with van der Waals surface area (Å²) in [5.41, 5.74) is 0.783. The first-order valence-electron chi connectivity index (χ1n) is 5.30. The van der Waals surface area contributed by atoms with Crippen LogP contribution in [-0.2, 0) is 4.74 Å². The molecule has 0 spiro atoms. The number of esters is 1. The van der Waals surface area contributed by atoms with Gasteiger partial charge in [-0.1, -0.05) is 12.1 Å². The van der Waals surface area contributed by atoms with E-state index in [4.69, 9.17) is 0 Å². The minimum absolute atomic E-state index is 0.0330. The minimum Gasteiger partial charge on any atom is -0.505 e. The fraction of sp³-hybridized carbons (Fsp3) is 0.0769. The van der Waals surface area contributed by atoms with Crippen molar-refractivity contribution in [2.75, 3.05) is 7.11 Å². The topological polar surface area (TPSA) is 59.4 Å². The molecule has 5 heteroatoms. The summed E-state index contributed by atoms with van der Waals surface area (Å²) in [5, 5.41) is 11.6. The molecule has 0 atom stereocenters. The molecule has 0 fully saturated rings. The Morgan fingerprint density at radius 1 is 1.39 bits per heavy atom. The fourth-order valence-corrected chi connectivity index (χ4v) is 3.03. The fourth-order valence-electron chi connectivity index (χ4n) is 1.91. The van der Waals surface area contributed by atoms with E-state index in [0.717, 1.165) is 15.6 Å². The third-order valence-corrected chi connectivity index (χ3v) is 3.95. The van der Waals surface area contributed by atoms with Gasteiger partial charge in [-0.15, -0.1) is 11.3 Å². The van der Waals surface area contributed by atoms with Crippen molar-refractivity contribution in [3.63, 3.8) is 0 Å². The zero-order valence-electron chi connectivity index (χ0n) is 9.51. The van der Waals surface area contributed by atoms with E-state index in [9.17, 15) is 9.90 Å². The van der Waals surface area contributed by atoms with Crippen molar-refractivity contribution in [1.29, 1.82) is 0 Å². The van der Waals surface area contributed by atoms with Crippen LogP contribution in [0.15, 0.2) is 30.5 Å². The van der Waals surface area contributed by atoms with Crippen LogP contribution in [0.3, 0.4) is 0 Å². The molecule has 90 valence electrons. The van der Waals surface area contributed by atoms with E-state index in [1.807, 2.05) is 18.2 Å². The second-order valence-electron chi connectivity index (χ2n) is 3.79. The quantitative estimate of drug-likeness (QED) is 0.682. The lowest BCUT2D eigenvalue weighted by Gasteiger charge is -1.97. The maximum Gasteiger partial charge on any atom is 0.351 e. The van der Waals surface area contributed by atoms with Crippen LogP contribution in [0.25, 0.3) is 21.0 Å². The number of aromatic hydroxyl groups is 1. The Labute approximate surface area is 106 Å². The second kappa shape index (κ2) is 3.96. The van der Waals surface area contributed by atoms with Crippen molar-refractivity contribution in [3.8, 4) is 5.75 Å². The Morgan fingerprint density at radius 2 is 2.22 bits per heavy atom. The van der Waals surface area contributed by atoms with E-state index < -0.39 is 5.97 Å². The van der Waals surface area contributed by atoms with Gasteiger partial charge in [0.2, 0.25) is 0 Å². The smallest absolute Gasteiger partial charge is 0.351 e. The van der Waals surface area contributed by atoms with Crippen molar-refractivity contribution >= 4 is 38.3 Å². The van der Waals surface area contributed by atoms with E-state index in [-0.39, 0.29) is 10.6 Å². The first-order chi connectivity index (χ1) is 8.72. The number of carbonyl (C=O) groups excluding carboxylic acids is 1. The lowest BCUT2D eigenvalue weighted by atomic mass is 10.1. The van der Waals surface area contributed by atoms with Crippen LogP contribution in [0, 0.1) is 0 Å². The number of benzene rings is 1. The zero-order valence-corrected chi connectivity index (χ0v) is 10.3. The number of pyridine rings is 1. The Hall–Kier alpha value is -2.14. The van der Waals surface area contributed by atoms with Gasteiger partial charge in [0.15, 0.2) is 4.88 Å². The van der Waals surface area contributed by atoms with E-state index in [1.54, 1.807) is 12.3 Å². The van der Waals surface area contributed by atoms with Crippen LogP contribution in [-0.4, -0.2) is 23.2 Å². The van der Waals surface area contributed by atoms with Gasteiger partial charge in [0.1, 0.15) is 5.75 Å². The van der Waals surface area contributed by atoms with Crippen LogP contribution in [0.2, 0.25) is 0 Å². The number of hydrogen-bond donors (Lipinski definition) is 1. The maximum atomic E-state index is 11.5. The average Bonchev–Trinajstić information content (AvgIpc) is 2.76. The van der Waals surface area contributed by atoms with E-state index >= 15 is 0 Å². The molecule has 3 rings (SSSR count). The molecule has 0 radical (unpaired) electrons. The summed E-state index contributed by atoms with van der Waals surface area (Å²) in [6.45, 7) is 0. The van der Waals surface area contributed by atoms with E-state index in [0.29, 0.717) is 5.39 Å². The lowest BCUT2D eigenvalue weighted by Crippen LogP contribution is -1.97. The highest BCUT2D eigenvalue weighted by molar-refractivity contribution is 7.22. The molecule has 2 heterocycles. The summed E-state index contributed by atoms with van der Waals surface area (Å²) in [6, 6.07) is 7.45. The van der Waals surface area contributed by atoms with Crippen molar-refractivity contribution < 1.29 is 14.6 Å². The molecule has 0 aliphatic carbocycles. The largest absolute Gasteiger partial charge is 0.505 e. The number of aromatic nitrogens is 1. The van der Waals surface area contributed by atoms with Gasteiger partial charge in [-0.3, -0.25) is 4.98 Å². The van der Waals surface area contributed by atoms with Crippen molar-refractivity contribution in [2.45, 2.75) is 0 Å². The molecule has 0 bridgehead atoms. The van der Waals surface area contributed by atoms with Gasteiger partial charge in [0.25, 0.3) is 0 Å². The molecule has 4 nitrogen and oxygen atoms in total. The summed E-state index contributed by atoms with van der Waals surface area (Å²) in [4.78, 5) is 16.1. The number of hydrogen-bond acceptors (Lipinski definition) is 5. The predicted molar refractivity (Wildman–Crippen MR) is 70.1 cm³/mol. The standard InChI is InChI=1S/C13H9NO3S/c1-17-13(16)12-10(15)8-5-4-7-3-2-6-14-9(7)11(8)18-12/h2-6,15H,1H3. The average molecular weight is 259 g/mol. The van der Waals surface area contributed by atoms with E-state index in [1.165, 1.54) is 18.4 Å². The Morgan fingerprint density at radius 3 is 3.00 bits per heavy atom. The molecule has 18 heavy (non-hydrogen) atoms. The summed E-state index contributed by atoms with van der Waals surface area (Å²) in [7, 11) is 1.29. The molecule has 0 aliphatic rings. The molecule has 1 aromatic carbocycles. The highest BCUT2D eigenvalue weighted by Crippen LogP contribution is 2.40. The summed E-state index contributed by atoms with van der Waals surface area (Å²) >= 11 is 1.20. The number of rotatable bonds is 1. The van der Waals surface area contributed by atoms with Gasteiger partial charge in [-0.2, -0.15) is 0 Å². The third-order valence-electron chi connectivity index (χ3n) is 2.77. The highest BCUT2D eigenvalue weighted by atomic mass is 32.1. The molecule has 0 saturated heterocycles. The van der Waals surface area contributed by atoms with Gasteiger partial charge >= 0.3 is 5.97 Å². The van der Waals surface area contributed by atoms with Crippen LogP contribution in [0.4, 0.5) is 0 Å². The summed E-state index contributed by atoms with van der Waals surface area (Å²) < 4.78 is 5.45. The Balaban J connectivity index is 2.42. The van der Waals surface area contributed by atoms with Gasteiger partial charge in [-0.25, -0.2) is 4.79 Å². The first kappa shape index (κ1) is 11.0. The molecule has 0 saturated carbocycles. The summed E-state index contributed by atoms with van der Waals surface area (Å²) in [6.07, 6.45) is 1.69. The Bertz CT molecular complexity index is 763. The minimum atomic E-state index is -0.530. The molecule has 0 amide bonds. The molecule has 0 unspecified atom stereocenters. The maximum absolute atomic E-state index is 11.5. The molecular weight excluding hydrogens is 250 g/mol. The zero-order chi connectivity index (χ0) is 12.7. The van der Waals surface area contributed by atoms with Crippen molar-refractivity contribution in [2.24, 2.45) is 0 Å². The van der Waals surface area contributed by atoms with Gasteiger partial charge in [0, 0.05) is 17.0 Å². The van der Waals surface area contributed by atoms with Gasteiger partial charge in [-0.05, 0) is 12.1 Å². The first-order valence-corrected chi connectivity index (χ1v) is 6.11. The predicted octanol–water partition coefficient (Wildman–Crippen LogP) is 2.94.